The van der Waals surface area contributed by atoms with Gasteiger partial charge in [0, 0.05) is 13.2 Å². The highest BCUT2D eigenvalue weighted by atomic mass is 32.2. The highest BCUT2D eigenvalue weighted by Gasteiger charge is 2.26. The molecule has 9 heteroatoms. The van der Waals surface area contributed by atoms with Crippen molar-refractivity contribution >= 4 is 29.2 Å². The lowest BCUT2D eigenvalue weighted by molar-refractivity contribution is -0.117. The molecule has 0 bridgehead atoms. The van der Waals surface area contributed by atoms with Crippen LogP contribution in [-0.2, 0) is 17.8 Å². The molecule has 0 aliphatic carbocycles. The Balaban J connectivity index is 2.11. The van der Waals surface area contributed by atoms with E-state index < -0.39 is 11.2 Å². The highest BCUT2D eigenvalue weighted by molar-refractivity contribution is 8.00. The molecule has 1 aromatic carbocycles. The van der Waals surface area contributed by atoms with Crippen LogP contribution in [-0.4, -0.2) is 27.9 Å². The molecule has 31 heavy (non-hydrogen) atoms. The van der Waals surface area contributed by atoms with Gasteiger partial charge >= 0.3 is 0 Å². The zero-order valence-corrected chi connectivity index (χ0v) is 18.0. The minimum absolute atomic E-state index is 0.305. The van der Waals surface area contributed by atoms with Crippen molar-refractivity contribution in [3.8, 4) is 6.07 Å². The predicted octanol–water partition coefficient (Wildman–Crippen LogP) is 3.74. The standard InChI is InChI=1S/C22H21N7OS/c1-4-16-17(10-23)22(31-19(20(24)30)14-8-6-5-7-9-14)28-21(18(16)25-2)29(3)12-15-11-26-13-27-15/h5-9,11,13,19H,4,12H2,1,3H3,(H2,24,30)(H,26,27). The van der Waals surface area contributed by atoms with E-state index in [1.165, 1.54) is 0 Å². The smallest absolute Gasteiger partial charge is 0.235 e. The van der Waals surface area contributed by atoms with Crippen LogP contribution in [0.3, 0.4) is 0 Å². The minimum atomic E-state index is -0.713. The molecule has 0 saturated heterocycles. The van der Waals surface area contributed by atoms with Crippen molar-refractivity contribution in [2.75, 3.05) is 11.9 Å². The van der Waals surface area contributed by atoms with Gasteiger partial charge in [-0.05, 0) is 17.5 Å². The van der Waals surface area contributed by atoms with E-state index >= 15 is 0 Å². The van der Waals surface area contributed by atoms with E-state index in [0.717, 1.165) is 23.0 Å². The molecule has 0 aliphatic heterocycles. The third-order valence-electron chi connectivity index (χ3n) is 4.71. The van der Waals surface area contributed by atoms with Gasteiger partial charge in [0.25, 0.3) is 0 Å². The number of benzene rings is 1. The number of H-pyrrole nitrogens is 1. The van der Waals surface area contributed by atoms with Crippen molar-refractivity contribution in [3.05, 3.63) is 76.7 Å². The van der Waals surface area contributed by atoms with Crippen molar-refractivity contribution in [3.63, 3.8) is 0 Å². The maximum Gasteiger partial charge on any atom is 0.235 e. The monoisotopic (exact) mass is 431 g/mol. The number of nitriles is 1. The Morgan fingerprint density at radius 3 is 2.71 bits per heavy atom. The van der Waals surface area contributed by atoms with Crippen molar-refractivity contribution in [2.45, 2.75) is 30.2 Å². The molecule has 1 amide bonds. The number of aromatic amines is 1. The molecule has 8 nitrogen and oxygen atoms in total. The van der Waals surface area contributed by atoms with E-state index in [4.69, 9.17) is 12.3 Å². The average molecular weight is 432 g/mol. The Hall–Kier alpha value is -3.82. The first-order valence-electron chi connectivity index (χ1n) is 9.53. The summed E-state index contributed by atoms with van der Waals surface area (Å²) in [4.78, 5) is 29.5. The van der Waals surface area contributed by atoms with Crippen LogP contribution < -0.4 is 10.6 Å². The molecular formula is C22H21N7OS. The van der Waals surface area contributed by atoms with Gasteiger partial charge in [-0.25, -0.2) is 14.8 Å². The Morgan fingerprint density at radius 2 is 2.16 bits per heavy atom. The van der Waals surface area contributed by atoms with Crippen LogP contribution in [0.25, 0.3) is 4.85 Å². The number of pyridine rings is 1. The Morgan fingerprint density at radius 1 is 1.42 bits per heavy atom. The first-order valence-corrected chi connectivity index (χ1v) is 10.4. The lowest BCUT2D eigenvalue weighted by Crippen LogP contribution is -2.21. The van der Waals surface area contributed by atoms with Gasteiger partial charge in [0.1, 0.15) is 22.2 Å². The number of thioether (sulfide) groups is 1. The summed E-state index contributed by atoms with van der Waals surface area (Å²) in [7, 11) is 1.82. The second-order valence-corrected chi connectivity index (χ2v) is 7.86. The lowest BCUT2D eigenvalue weighted by Gasteiger charge is -2.23. The topological polar surface area (TPSA) is 116 Å². The van der Waals surface area contributed by atoms with Gasteiger partial charge in [-0.1, -0.05) is 49.0 Å². The first-order chi connectivity index (χ1) is 15.0. The Labute approximate surface area is 184 Å². The van der Waals surface area contributed by atoms with Gasteiger partial charge in [-0.2, -0.15) is 5.26 Å². The largest absolute Gasteiger partial charge is 0.368 e. The number of amides is 1. The molecular weight excluding hydrogens is 410 g/mol. The number of nitrogens with one attached hydrogen (secondary N) is 1. The number of hydrogen-bond acceptors (Lipinski definition) is 6. The van der Waals surface area contributed by atoms with E-state index in [1.54, 1.807) is 12.5 Å². The lowest BCUT2D eigenvalue weighted by atomic mass is 10.1. The van der Waals surface area contributed by atoms with E-state index in [2.05, 4.69) is 25.9 Å². The Bertz CT molecular complexity index is 1150. The van der Waals surface area contributed by atoms with Crippen LogP contribution >= 0.6 is 11.8 Å². The molecule has 0 aliphatic rings. The van der Waals surface area contributed by atoms with Crippen molar-refractivity contribution in [2.24, 2.45) is 5.73 Å². The number of primary amides is 1. The molecule has 3 rings (SSSR count). The maximum absolute atomic E-state index is 12.2. The molecule has 0 fully saturated rings. The summed E-state index contributed by atoms with van der Waals surface area (Å²) in [5, 5.41) is 9.53. The molecule has 2 heterocycles. The zero-order valence-electron chi connectivity index (χ0n) is 17.2. The molecule has 1 unspecified atom stereocenters. The summed E-state index contributed by atoms with van der Waals surface area (Å²) in [6, 6.07) is 11.3. The van der Waals surface area contributed by atoms with Crippen molar-refractivity contribution in [1.82, 2.24) is 15.0 Å². The summed E-state index contributed by atoms with van der Waals surface area (Å²) in [5.74, 6) is -0.0826. The molecule has 3 N–H and O–H groups in total. The molecule has 2 aromatic heterocycles. The zero-order chi connectivity index (χ0) is 22.4. The molecule has 0 radical (unpaired) electrons. The Kier molecular flexibility index (Phi) is 6.91. The summed E-state index contributed by atoms with van der Waals surface area (Å²) >= 11 is 1.13. The fraction of sp³-hybridized carbons (Fsp3) is 0.227. The second-order valence-electron chi connectivity index (χ2n) is 6.76. The van der Waals surface area contributed by atoms with Gasteiger partial charge in [0.15, 0.2) is 0 Å². The fourth-order valence-corrected chi connectivity index (χ4v) is 4.31. The number of rotatable bonds is 8. The minimum Gasteiger partial charge on any atom is -0.368 e. The third kappa shape index (κ3) is 4.68. The normalized spacial score (nSPS) is 11.4. The average Bonchev–Trinajstić information content (AvgIpc) is 3.29. The molecule has 0 saturated carbocycles. The fourth-order valence-electron chi connectivity index (χ4n) is 3.25. The van der Waals surface area contributed by atoms with Crippen molar-refractivity contribution < 1.29 is 4.79 Å². The van der Waals surface area contributed by atoms with Crippen LogP contribution in [0.15, 0.2) is 47.9 Å². The molecule has 1 atom stereocenters. The SMILES string of the molecule is [C-]#[N+]c1c(N(C)Cc2cnc[nH]2)nc(SC(C(N)=O)c2ccccc2)c(C#N)c1CC. The van der Waals surface area contributed by atoms with Crippen molar-refractivity contribution in [1.29, 1.82) is 5.26 Å². The van der Waals surface area contributed by atoms with E-state index in [0.29, 0.717) is 40.6 Å². The summed E-state index contributed by atoms with van der Waals surface area (Å²) in [6.07, 6.45) is 3.77. The molecule has 0 spiro atoms. The molecule has 3 aromatic rings. The van der Waals surface area contributed by atoms with Gasteiger partial charge in [-0.3, -0.25) is 4.79 Å². The van der Waals surface area contributed by atoms with Crippen LogP contribution in [0.5, 0.6) is 0 Å². The van der Waals surface area contributed by atoms with E-state index in [9.17, 15) is 10.1 Å². The van der Waals surface area contributed by atoms with Crippen LogP contribution in [0, 0.1) is 17.9 Å². The summed E-state index contributed by atoms with van der Waals surface area (Å²) in [5.41, 5.74) is 8.52. The first kappa shape index (κ1) is 21.9. The number of hydrogen-bond donors (Lipinski definition) is 2. The van der Waals surface area contributed by atoms with Crippen LogP contribution in [0.4, 0.5) is 11.5 Å². The number of nitrogens with zero attached hydrogens (tertiary/aromatic N) is 5. The number of anilines is 1. The van der Waals surface area contributed by atoms with Crippen LogP contribution in [0.2, 0.25) is 0 Å². The maximum atomic E-state index is 12.2. The number of aromatic nitrogens is 3. The number of imidazole rings is 1. The molecule has 156 valence electrons. The third-order valence-corrected chi connectivity index (χ3v) is 5.97. The van der Waals surface area contributed by atoms with E-state index in [-0.39, 0.29) is 0 Å². The number of carbonyl (C=O) groups excluding carboxylic acids is 1. The van der Waals surface area contributed by atoms with E-state index in [1.807, 2.05) is 49.2 Å². The number of carbonyl (C=O) groups is 1. The van der Waals surface area contributed by atoms with Gasteiger partial charge in [0.2, 0.25) is 11.6 Å². The summed E-state index contributed by atoms with van der Waals surface area (Å²) < 4.78 is 0. The highest BCUT2D eigenvalue weighted by Crippen LogP contribution is 2.42. The quantitative estimate of drug-likeness (QED) is 0.414. The van der Waals surface area contributed by atoms with Crippen LogP contribution in [0.1, 0.15) is 34.6 Å². The second kappa shape index (κ2) is 9.79. The predicted molar refractivity (Wildman–Crippen MR) is 120 cm³/mol. The van der Waals surface area contributed by atoms with Gasteiger partial charge < -0.3 is 15.6 Å². The van der Waals surface area contributed by atoms with Gasteiger partial charge in [-0.15, -0.1) is 0 Å². The number of nitrogens with two attached hydrogens (primary N) is 1. The van der Waals surface area contributed by atoms with Gasteiger partial charge in [0.05, 0.1) is 30.7 Å². The summed E-state index contributed by atoms with van der Waals surface area (Å²) in [6.45, 7) is 10.0.